The number of allylic oxidation sites excluding steroid dienone is 16. The molecule has 0 aliphatic carbocycles. The molecule has 0 fully saturated rings. The third kappa shape index (κ3) is 41.7. The minimum absolute atomic E-state index is 0.159. The van der Waals surface area contributed by atoms with Crippen LogP contribution in [0.2, 0.25) is 0 Å². The Morgan fingerprint density at radius 1 is 0.500 bits per heavy atom. The van der Waals surface area contributed by atoms with Crippen LogP contribution in [0.5, 0.6) is 0 Å². The average Bonchev–Trinajstić information content (AvgIpc) is 3.14. The van der Waals surface area contributed by atoms with Gasteiger partial charge in [0.25, 0.3) is 0 Å². The molecular weight excluding hydrogens is 699 g/mol. The number of phosphoric acid groups is 1. The molecule has 306 valence electrons. The van der Waals surface area contributed by atoms with Crippen molar-refractivity contribution in [2.75, 3.05) is 13.2 Å². The summed E-state index contributed by atoms with van der Waals surface area (Å²) in [5.41, 5.74) is 0. The van der Waals surface area contributed by atoms with Crippen LogP contribution in [0.4, 0.5) is 0 Å². The first-order chi connectivity index (χ1) is 26.3. The smallest absolute Gasteiger partial charge is 0.462 e. The predicted octanol–water partition coefficient (Wildman–Crippen LogP) is 12.6. The number of hydrogen-bond acceptors (Lipinski definition) is 6. The number of rotatable bonds is 36. The third-order valence-electron chi connectivity index (χ3n) is 8.19. The quantitative estimate of drug-likeness (QED) is 0.0212. The van der Waals surface area contributed by atoms with Gasteiger partial charge in [-0.1, -0.05) is 169 Å². The fraction of sp³-hybridized carbons (Fsp3) is 0.600. The minimum atomic E-state index is -4.77. The highest BCUT2D eigenvalue weighted by atomic mass is 31.2. The van der Waals surface area contributed by atoms with Crippen molar-refractivity contribution in [3.8, 4) is 0 Å². The number of esters is 2. The molecule has 0 aliphatic heterocycles. The molecule has 1 atom stereocenters. The highest BCUT2D eigenvalue weighted by Gasteiger charge is 2.22. The summed E-state index contributed by atoms with van der Waals surface area (Å²) in [5.74, 6) is -0.945. The molecule has 0 aromatic rings. The van der Waals surface area contributed by atoms with Crippen LogP contribution in [0.1, 0.15) is 155 Å². The molecule has 0 saturated heterocycles. The van der Waals surface area contributed by atoms with E-state index in [1.807, 2.05) is 36.5 Å². The van der Waals surface area contributed by atoms with Gasteiger partial charge in [-0.15, -0.1) is 0 Å². The van der Waals surface area contributed by atoms with E-state index in [1.54, 1.807) is 0 Å². The molecule has 2 N–H and O–H groups in total. The van der Waals surface area contributed by atoms with Crippen LogP contribution in [0.25, 0.3) is 0 Å². The summed E-state index contributed by atoms with van der Waals surface area (Å²) in [6, 6.07) is 0. The summed E-state index contributed by atoms with van der Waals surface area (Å²) in [6.45, 7) is 3.38. The molecule has 9 heteroatoms. The lowest BCUT2D eigenvalue weighted by molar-refractivity contribution is -0.161. The first-order valence-electron chi connectivity index (χ1n) is 20.6. The molecule has 0 radical (unpaired) electrons. The Kier molecular flexibility index (Phi) is 37.4. The standard InChI is InChI=1S/C45H73O8P/c1-3-5-7-9-11-13-15-17-18-19-20-21-22-23-24-25-26-28-29-31-33-35-37-39-44(46)51-41-43(42-52-54(48,49)50)53-45(47)40-38-36-34-32-30-27-16-14-12-10-8-6-4-2/h5-8,10-14,16-18,20-21,27,30,43H,3-4,9,15,19,22-26,28-29,31-42H2,1-2H3,(H2,48,49,50)/b7-5+,8-6+,12-10+,13-11+,16-14+,18-17+,21-20+,30-27+. The van der Waals surface area contributed by atoms with Gasteiger partial charge in [0, 0.05) is 12.8 Å². The number of unbranched alkanes of at least 4 members (excludes halogenated alkanes) is 13. The van der Waals surface area contributed by atoms with Crippen LogP contribution in [0.15, 0.2) is 97.2 Å². The molecule has 54 heavy (non-hydrogen) atoms. The molecule has 0 spiro atoms. The zero-order chi connectivity index (χ0) is 39.6. The zero-order valence-corrected chi connectivity index (χ0v) is 34.5. The Bertz CT molecular complexity index is 1190. The van der Waals surface area contributed by atoms with E-state index in [0.29, 0.717) is 12.8 Å². The molecule has 0 bridgehead atoms. The monoisotopic (exact) mass is 773 g/mol. The van der Waals surface area contributed by atoms with E-state index in [1.165, 1.54) is 38.5 Å². The summed E-state index contributed by atoms with van der Waals surface area (Å²) in [7, 11) is -4.77. The van der Waals surface area contributed by atoms with E-state index in [4.69, 9.17) is 19.3 Å². The molecule has 0 aromatic heterocycles. The molecular formula is C45H73O8P. The van der Waals surface area contributed by atoms with Crippen LogP contribution < -0.4 is 0 Å². The number of phosphoric ester groups is 1. The van der Waals surface area contributed by atoms with Crippen LogP contribution >= 0.6 is 7.82 Å². The molecule has 0 aromatic carbocycles. The highest BCUT2D eigenvalue weighted by Crippen LogP contribution is 2.36. The van der Waals surface area contributed by atoms with Crippen molar-refractivity contribution in [3.63, 3.8) is 0 Å². The molecule has 0 rings (SSSR count). The van der Waals surface area contributed by atoms with E-state index >= 15 is 0 Å². The second-order valence-electron chi connectivity index (χ2n) is 13.3. The van der Waals surface area contributed by atoms with Gasteiger partial charge in [-0.2, -0.15) is 0 Å². The van der Waals surface area contributed by atoms with Gasteiger partial charge in [0.1, 0.15) is 6.61 Å². The maximum atomic E-state index is 12.4. The fourth-order valence-corrected chi connectivity index (χ4v) is 5.56. The molecule has 0 aliphatic rings. The Morgan fingerprint density at radius 3 is 1.48 bits per heavy atom. The van der Waals surface area contributed by atoms with Gasteiger partial charge in [-0.25, -0.2) is 4.57 Å². The molecule has 0 amide bonds. The van der Waals surface area contributed by atoms with Crippen molar-refractivity contribution in [1.29, 1.82) is 0 Å². The molecule has 1 unspecified atom stereocenters. The lowest BCUT2D eigenvalue weighted by Gasteiger charge is -2.18. The zero-order valence-electron chi connectivity index (χ0n) is 33.6. The van der Waals surface area contributed by atoms with Crippen molar-refractivity contribution in [2.45, 2.75) is 161 Å². The summed E-state index contributed by atoms with van der Waals surface area (Å²) in [6.07, 6.45) is 54.2. The largest absolute Gasteiger partial charge is 0.469 e. The van der Waals surface area contributed by atoms with E-state index in [0.717, 1.165) is 77.0 Å². The predicted molar refractivity (Wildman–Crippen MR) is 225 cm³/mol. The van der Waals surface area contributed by atoms with Gasteiger partial charge >= 0.3 is 19.8 Å². The van der Waals surface area contributed by atoms with Gasteiger partial charge in [-0.05, 0) is 70.6 Å². The lowest BCUT2D eigenvalue weighted by atomic mass is 10.1. The fourth-order valence-electron chi connectivity index (χ4n) is 5.20. The van der Waals surface area contributed by atoms with Crippen LogP contribution in [0, 0.1) is 0 Å². The van der Waals surface area contributed by atoms with E-state index in [2.05, 4.69) is 79.1 Å². The van der Waals surface area contributed by atoms with Gasteiger partial charge in [0.05, 0.1) is 6.61 Å². The summed E-state index contributed by atoms with van der Waals surface area (Å²) in [5, 5.41) is 0. The van der Waals surface area contributed by atoms with Crippen LogP contribution in [0.3, 0.4) is 0 Å². The first kappa shape index (κ1) is 51.0. The van der Waals surface area contributed by atoms with Crippen molar-refractivity contribution in [2.24, 2.45) is 0 Å². The number of carbonyl (C=O) groups is 2. The first-order valence-corrected chi connectivity index (χ1v) is 22.1. The molecule has 0 saturated carbocycles. The summed E-state index contributed by atoms with van der Waals surface area (Å²) < 4.78 is 26.3. The van der Waals surface area contributed by atoms with Gasteiger partial charge in [-0.3, -0.25) is 14.1 Å². The molecule has 8 nitrogen and oxygen atoms in total. The van der Waals surface area contributed by atoms with Crippen molar-refractivity contribution in [3.05, 3.63) is 97.2 Å². The Labute approximate surface area is 328 Å². The van der Waals surface area contributed by atoms with Crippen LogP contribution in [-0.2, 0) is 28.2 Å². The number of hydrogen-bond donors (Lipinski definition) is 2. The van der Waals surface area contributed by atoms with Crippen molar-refractivity contribution in [1.82, 2.24) is 0 Å². The maximum Gasteiger partial charge on any atom is 0.469 e. The van der Waals surface area contributed by atoms with Gasteiger partial charge in [0.2, 0.25) is 0 Å². The highest BCUT2D eigenvalue weighted by molar-refractivity contribution is 7.46. The third-order valence-corrected chi connectivity index (χ3v) is 8.68. The second kappa shape index (κ2) is 39.7. The normalized spacial score (nSPS) is 13.5. The van der Waals surface area contributed by atoms with Crippen LogP contribution in [-0.4, -0.2) is 41.0 Å². The minimum Gasteiger partial charge on any atom is -0.462 e. The number of carbonyl (C=O) groups excluding carboxylic acids is 2. The van der Waals surface area contributed by atoms with Crippen molar-refractivity contribution < 1.29 is 37.9 Å². The summed E-state index contributed by atoms with van der Waals surface area (Å²) >= 11 is 0. The topological polar surface area (TPSA) is 119 Å². The van der Waals surface area contributed by atoms with E-state index in [-0.39, 0.29) is 19.4 Å². The maximum absolute atomic E-state index is 12.4. The summed E-state index contributed by atoms with van der Waals surface area (Å²) in [4.78, 5) is 42.8. The lowest BCUT2D eigenvalue weighted by Crippen LogP contribution is -2.29. The SMILES string of the molecule is CC/C=C/C=C/C=C/C=C/CCCCCC(=O)OC(COC(=O)CCCCCCCCCCCC/C=C/C/C=C/C/C=C/C/C=C/CC)COP(=O)(O)O. The Hall–Kier alpha value is -3.03. The van der Waals surface area contributed by atoms with Gasteiger partial charge in [0.15, 0.2) is 6.10 Å². The Morgan fingerprint density at radius 2 is 0.926 bits per heavy atom. The van der Waals surface area contributed by atoms with E-state index in [9.17, 15) is 14.2 Å². The average molecular weight is 773 g/mol. The Balaban J connectivity index is 3.94. The second-order valence-corrected chi connectivity index (χ2v) is 14.5. The molecule has 0 heterocycles. The number of ether oxygens (including phenoxy) is 2. The van der Waals surface area contributed by atoms with Gasteiger partial charge < -0.3 is 19.3 Å². The van der Waals surface area contributed by atoms with Crippen molar-refractivity contribution >= 4 is 19.8 Å². The van der Waals surface area contributed by atoms with E-state index < -0.39 is 32.5 Å².